The molecule has 0 radical (unpaired) electrons. The standard InChI is InChI=1S/C14H14F3N/c1-2-3-4-6-10-9-18-13-11(10)7-5-8-12(13)14(15,16)17/h5,7-8,10,18H,4,6,9H2,1H3. The van der Waals surface area contributed by atoms with Gasteiger partial charge in [-0.15, -0.1) is 11.8 Å². The SMILES string of the molecule is CC#CCCC1CNc2c1cccc2C(F)(F)F. The van der Waals surface area contributed by atoms with Crippen LogP contribution in [0.4, 0.5) is 18.9 Å². The number of benzene rings is 1. The van der Waals surface area contributed by atoms with Crippen molar-refractivity contribution in [2.75, 3.05) is 11.9 Å². The molecule has 1 nitrogen and oxygen atoms in total. The Hall–Kier alpha value is -1.63. The van der Waals surface area contributed by atoms with Crippen LogP contribution in [0.2, 0.25) is 0 Å². The van der Waals surface area contributed by atoms with E-state index in [1.54, 1.807) is 13.0 Å². The number of halogens is 3. The Balaban J connectivity index is 2.25. The summed E-state index contributed by atoms with van der Waals surface area (Å²) in [5.41, 5.74) is 0.450. The third kappa shape index (κ3) is 2.45. The summed E-state index contributed by atoms with van der Waals surface area (Å²) in [6.45, 7) is 2.33. The highest BCUT2D eigenvalue weighted by atomic mass is 19.4. The number of anilines is 1. The second kappa shape index (κ2) is 4.93. The third-order valence-electron chi connectivity index (χ3n) is 3.16. The molecular formula is C14H14F3N. The van der Waals surface area contributed by atoms with Gasteiger partial charge in [-0.2, -0.15) is 13.2 Å². The van der Waals surface area contributed by atoms with Gasteiger partial charge >= 0.3 is 6.18 Å². The smallest absolute Gasteiger partial charge is 0.384 e. The van der Waals surface area contributed by atoms with Gasteiger partial charge in [0.15, 0.2) is 0 Å². The predicted molar refractivity (Wildman–Crippen MR) is 65.4 cm³/mol. The lowest BCUT2D eigenvalue weighted by Gasteiger charge is -2.12. The van der Waals surface area contributed by atoms with Crippen molar-refractivity contribution in [3.05, 3.63) is 29.3 Å². The molecule has 0 amide bonds. The summed E-state index contributed by atoms with van der Waals surface area (Å²) in [6, 6.07) is 4.38. The monoisotopic (exact) mass is 253 g/mol. The van der Waals surface area contributed by atoms with E-state index in [9.17, 15) is 13.2 Å². The number of rotatable bonds is 2. The topological polar surface area (TPSA) is 12.0 Å². The molecule has 1 atom stereocenters. The minimum Gasteiger partial charge on any atom is -0.384 e. The fraction of sp³-hybridized carbons (Fsp3) is 0.429. The van der Waals surface area contributed by atoms with Crippen molar-refractivity contribution in [3.8, 4) is 11.8 Å². The van der Waals surface area contributed by atoms with Gasteiger partial charge in [-0.25, -0.2) is 0 Å². The van der Waals surface area contributed by atoms with Gasteiger partial charge in [0.2, 0.25) is 0 Å². The maximum absolute atomic E-state index is 12.8. The minimum atomic E-state index is -4.30. The molecule has 1 unspecified atom stereocenters. The lowest BCUT2D eigenvalue weighted by molar-refractivity contribution is -0.136. The van der Waals surface area contributed by atoms with E-state index in [1.807, 2.05) is 0 Å². The lowest BCUT2D eigenvalue weighted by Crippen LogP contribution is -2.08. The number of fused-ring (bicyclic) bond motifs is 1. The van der Waals surface area contributed by atoms with Crippen molar-refractivity contribution < 1.29 is 13.2 Å². The van der Waals surface area contributed by atoms with Gasteiger partial charge < -0.3 is 5.32 Å². The van der Waals surface area contributed by atoms with E-state index in [2.05, 4.69) is 17.2 Å². The number of hydrogen-bond acceptors (Lipinski definition) is 1. The normalized spacial score (nSPS) is 17.7. The molecule has 1 aromatic carbocycles. The van der Waals surface area contributed by atoms with Crippen molar-refractivity contribution in [2.45, 2.75) is 31.9 Å². The lowest BCUT2D eigenvalue weighted by atomic mass is 9.95. The van der Waals surface area contributed by atoms with Crippen LogP contribution in [-0.2, 0) is 6.18 Å². The quantitative estimate of drug-likeness (QED) is 0.785. The molecule has 4 heteroatoms. The van der Waals surface area contributed by atoms with Gasteiger partial charge in [0.1, 0.15) is 0 Å². The Morgan fingerprint density at radius 1 is 1.39 bits per heavy atom. The summed E-state index contributed by atoms with van der Waals surface area (Å²) in [5.74, 6) is 5.88. The molecule has 96 valence electrons. The van der Waals surface area contributed by atoms with E-state index in [0.29, 0.717) is 6.54 Å². The zero-order valence-corrected chi connectivity index (χ0v) is 10.1. The molecule has 0 aromatic heterocycles. The van der Waals surface area contributed by atoms with Crippen LogP contribution in [0.1, 0.15) is 36.8 Å². The van der Waals surface area contributed by atoms with Crippen molar-refractivity contribution >= 4 is 5.69 Å². The fourth-order valence-electron chi connectivity index (χ4n) is 2.31. The molecule has 0 spiro atoms. The summed E-state index contributed by atoms with van der Waals surface area (Å²) in [4.78, 5) is 0. The summed E-state index contributed by atoms with van der Waals surface area (Å²) in [7, 11) is 0. The average molecular weight is 253 g/mol. The molecule has 1 aliphatic rings. The maximum Gasteiger partial charge on any atom is 0.418 e. The van der Waals surface area contributed by atoms with Crippen LogP contribution in [-0.4, -0.2) is 6.54 Å². The van der Waals surface area contributed by atoms with E-state index in [1.165, 1.54) is 6.07 Å². The fourth-order valence-corrected chi connectivity index (χ4v) is 2.31. The molecule has 1 heterocycles. The second-order valence-corrected chi connectivity index (χ2v) is 4.31. The van der Waals surface area contributed by atoms with Gasteiger partial charge in [-0.3, -0.25) is 0 Å². The summed E-state index contributed by atoms with van der Waals surface area (Å²) >= 11 is 0. The largest absolute Gasteiger partial charge is 0.418 e. The highest BCUT2D eigenvalue weighted by Crippen LogP contribution is 2.43. The Bertz CT molecular complexity index is 494. The molecule has 2 rings (SSSR count). The van der Waals surface area contributed by atoms with Crippen LogP contribution in [0, 0.1) is 11.8 Å². The summed E-state index contributed by atoms with van der Waals surface area (Å²) < 4.78 is 38.4. The van der Waals surface area contributed by atoms with E-state index in [4.69, 9.17) is 0 Å². The number of hydrogen-bond donors (Lipinski definition) is 1. The molecular weight excluding hydrogens is 239 g/mol. The first kappa shape index (κ1) is 12.8. The Kier molecular flexibility index (Phi) is 3.51. The summed E-state index contributed by atoms with van der Waals surface area (Å²) in [5, 5.41) is 2.88. The van der Waals surface area contributed by atoms with Gasteiger partial charge in [0.05, 0.1) is 5.56 Å². The maximum atomic E-state index is 12.8. The highest BCUT2D eigenvalue weighted by Gasteiger charge is 2.37. The first-order valence-electron chi connectivity index (χ1n) is 5.87. The molecule has 0 bridgehead atoms. The second-order valence-electron chi connectivity index (χ2n) is 4.31. The predicted octanol–water partition coefficient (Wildman–Crippen LogP) is 4.02. The minimum absolute atomic E-state index is 0.128. The Morgan fingerprint density at radius 3 is 2.83 bits per heavy atom. The van der Waals surface area contributed by atoms with Crippen molar-refractivity contribution in [2.24, 2.45) is 0 Å². The van der Waals surface area contributed by atoms with Crippen molar-refractivity contribution in [3.63, 3.8) is 0 Å². The van der Waals surface area contributed by atoms with E-state index in [0.717, 1.165) is 24.5 Å². The van der Waals surface area contributed by atoms with Crippen molar-refractivity contribution in [1.82, 2.24) is 0 Å². The van der Waals surface area contributed by atoms with Crippen molar-refractivity contribution in [1.29, 1.82) is 0 Å². The van der Waals surface area contributed by atoms with Gasteiger partial charge in [-0.05, 0) is 25.0 Å². The third-order valence-corrected chi connectivity index (χ3v) is 3.16. The van der Waals surface area contributed by atoms with Gasteiger partial charge in [-0.1, -0.05) is 12.1 Å². The molecule has 1 N–H and O–H groups in total. The zero-order chi connectivity index (χ0) is 13.2. The van der Waals surface area contributed by atoms with E-state index in [-0.39, 0.29) is 11.6 Å². The molecule has 0 saturated heterocycles. The molecule has 1 aromatic rings. The molecule has 0 fully saturated rings. The van der Waals surface area contributed by atoms with Crippen LogP contribution < -0.4 is 5.32 Å². The number of para-hydroxylation sites is 1. The van der Waals surface area contributed by atoms with Crippen LogP contribution >= 0.6 is 0 Å². The number of alkyl halides is 3. The van der Waals surface area contributed by atoms with Crippen LogP contribution in [0.15, 0.2) is 18.2 Å². The highest BCUT2D eigenvalue weighted by molar-refractivity contribution is 5.64. The Morgan fingerprint density at radius 2 is 2.17 bits per heavy atom. The van der Waals surface area contributed by atoms with Crippen LogP contribution in [0.3, 0.4) is 0 Å². The van der Waals surface area contributed by atoms with E-state index < -0.39 is 11.7 Å². The van der Waals surface area contributed by atoms with Gasteiger partial charge in [0, 0.05) is 24.6 Å². The van der Waals surface area contributed by atoms with Gasteiger partial charge in [0.25, 0.3) is 0 Å². The Labute approximate surface area is 104 Å². The van der Waals surface area contributed by atoms with E-state index >= 15 is 0 Å². The van der Waals surface area contributed by atoms with Crippen LogP contribution in [0.5, 0.6) is 0 Å². The molecule has 18 heavy (non-hydrogen) atoms. The summed E-state index contributed by atoms with van der Waals surface area (Å²) in [6.07, 6.45) is -2.78. The van der Waals surface area contributed by atoms with Crippen LogP contribution in [0.25, 0.3) is 0 Å². The first-order chi connectivity index (χ1) is 8.54. The molecule has 0 aliphatic carbocycles. The zero-order valence-electron chi connectivity index (χ0n) is 10.1. The molecule has 0 saturated carbocycles. The molecule has 1 aliphatic heterocycles. The average Bonchev–Trinajstić information content (AvgIpc) is 2.71. The number of nitrogens with one attached hydrogen (secondary N) is 1. The first-order valence-corrected chi connectivity index (χ1v) is 5.87.